The molecule has 86 valence electrons. The first kappa shape index (κ1) is 12.1. The minimum atomic E-state index is -0.476. The fraction of sp³-hybridized carbons (Fsp3) is 0.333. The first-order valence-electron chi connectivity index (χ1n) is 5.19. The summed E-state index contributed by atoms with van der Waals surface area (Å²) in [5.41, 5.74) is 0. The van der Waals surface area contributed by atoms with Crippen LogP contribution in [-0.2, 0) is 12.8 Å². The topological polar surface area (TPSA) is 20.2 Å². The van der Waals surface area contributed by atoms with Crippen LogP contribution >= 0.6 is 34.3 Å². The van der Waals surface area contributed by atoms with Crippen LogP contribution in [0.3, 0.4) is 0 Å². The molecule has 2 rings (SSSR count). The van der Waals surface area contributed by atoms with Gasteiger partial charge in [0.1, 0.15) is 0 Å². The van der Waals surface area contributed by atoms with Crippen LogP contribution in [-0.4, -0.2) is 5.11 Å². The minimum Gasteiger partial charge on any atom is -0.387 e. The molecule has 0 aliphatic heterocycles. The van der Waals surface area contributed by atoms with Crippen molar-refractivity contribution in [2.24, 2.45) is 0 Å². The zero-order chi connectivity index (χ0) is 11.5. The number of thiophene rings is 2. The van der Waals surface area contributed by atoms with Crippen LogP contribution < -0.4 is 0 Å². The maximum atomic E-state index is 10.1. The molecule has 2 aromatic heterocycles. The molecule has 0 fully saturated rings. The van der Waals surface area contributed by atoms with E-state index in [2.05, 4.69) is 19.1 Å². The fourth-order valence-electron chi connectivity index (χ4n) is 1.55. The molecule has 0 radical (unpaired) electrons. The summed E-state index contributed by atoms with van der Waals surface area (Å²) in [4.78, 5) is 3.45. The smallest absolute Gasteiger partial charge is 0.0945 e. The van der Waals surface area contributed by atoms with Crippen LogP contribution in [0.4, 0.5) is 0 Å². The van der Waals surface area contributed by atoms with Gasteiger partial charge in [0.15, 0.2) is 0 Å². The number of aliphatic hydroxyl groups is 1. The molecule has 0 amide bonds. The molecule has 4 heteroatoms. The standard InChI is InChI=1S/C12H13ClOS2/c1-2-8-3-4-9(16-8)7-11(14)12-10(13)5-6-15-12/h3-6,11,14H,2,7H2,1H3. The van der Waals surface area contributed by atoms with Gasteiger partial charge in [-0.25, -0.2) is 0 Å². The number of hydrogen-bond acceptors (Lipinski definition) is 3. The van der Waals surface area contributed by atoms with Crippen LogP contribution in [0.15, 0.2) is 23.6 Å². The Kier molecular flexibility index (Phi) is 4.03. The van der Waals surface area contributed by atoms with Crippen LogP contribution in [0, 0.1) is 0 Å². The van der Waals surface area contributed by atoms with Crippen molar-refractivity contribution in [3.05, 3.63) is 43.2 Å². The second kappa shape index (κ2) is 5.32. The second-order valence-electron chi connectivity index (χ2n) is 3.57. The molecule has 0 spiro atoms. The zero-order valence-corrected chi connectivity index (χ0v) is 11.3. The highest BCUT2D eigenvalue weighted by molar-refractivity contribution is 7.12. The van der Waals surface area contributed by atoms with Gasteiger partial charge in [0, 0.05) is 16.2 Å². The maximum absolute atomic E-state index is 10.1. The Morgan fingerprint density at radius 2 is 2.06 bits per heavy atom. The Labute approximate surface area is 108 Å². The van der Waals surface area contributed by atoms with Crippen molar-refractivity contribution >= 4 is 34.3 Å². The van der Waals surface area contributed by atoms with Gasteiger partial charge in [0.25, 0.3) is 0 Å². The average Bonchev–Trinajstić information content (AvgIpc) is 2.86. The normalized spacial score (nSPS) is 12.9. The molecule has 1 atom stereocenters. The molecule has 0 saturated carbocycles. The molecular weight excluding hydrogens is 260 g/mol. The van der Waals surface area contributed by atoms with E-state index >= 15 is 0 Å². The summed E-state index contributed by atoms with van der Waals surface area (Å²) in [5, 5.41) is 12.6. The van der Waals surface area contributed by atoms with Crippen molar-refractivity contribution in [2.45, 2.75) is 25.9 Å². The monoisotopic (exact) mass is 272 g/mol. The van der Waals surface area contributed by atoms with E-state index in [0.29, 0.717) is 11.4 Å². The lowest BCUT2D eigenvalue weighted by Gasteiger charge is -2.07. The Bertz CT molecular complexity index is 461. The van der Waals surface area contributed by atoms with E-state index in [1.165, 1.54) is 21.1 Å². The predicted molar refractivity (Wildman–Crippen MR) is 71.7 cm³/mol. The SMILES string of the molecule is CCc1ccc(CC(O)c2sccc2Cl)s1. The molecule has 2 aromatic rings. The van der Waals surface area contributed by atoms with Crippen molar-refractivity contribution in [2.75, 3.05) is 0 Å². The van der Waals surface area contributed by atoms with E-state index in [-0.39, 0.29) is 0 Å². The number of aliphatic hydroxyl groups excluding tert-OH is 1. The minimum absolute atomic E-state index is 0.476. The third kappa shape index (κ3) is 2.66. The highest BCUT2D eigenvalue weighted by atomic mass is 35.5. The molecule has 1 N–H and O–H groups in total. The van der Waals surface area contributed by atoms with Gasteiger partial charge < -0.3 is 5.11 Å². The lowest BCUT2D eigenvalue weighted by atomic mass is 10.2. The second-order valence-corrected chi connectivity index (χ2v) is 6.18. The highest BCUT2D eigenvalue weighted by Crippen LogP contribution is 2.32. The van der Waals surface area contributed by atoms with Crippen LogP contribution in [0.5, 0.6) is 0 Å². The van der Waals surface area contributed by atoms with Gasteiger partial charge in [-0.3, -0.25) is 0 Å². The molecule has 0 aromatic carbocycles. The fourth-order valence-corrected chi connectivity index (χ4v) is 3.71. The van der Waals surface area contributed by atoms with Crippen molar-refractivity contribution in [3.8, 4) is 0 Å². The van der Waals surface area contributed by atoms with Crippen molar-refractivity contribution in [3.63, 3.8) is 0 Å². The molecule has 16 heavy (non-hydrogen) atoms. The van der Waals surface area contributed by atoms with E-state index < -0.39 is 6.10 Å². The largest absolute Gasteiger partial charge is 0.387 e. The van der Waals surface area contributed by atoms with Gasteiger partial charge in [0.2, 0.25) is 0 Å². The number of halogens is 1. The van der Waals surface area contributed by atoms with E-state index in [0.717, 1.165) is 11.3 Å². The molecule has 1 nitrogen and oxygen atoms in total. The van der Waals surface area contributed by atoms with Crippen molar-refractivity contribution in [1.29, 1.82) is 0 Å². The lowest BCUT2D eigenvalue weighted by Crippen LogP contribution is -1.98. The van der Waals surface area contributed by atoms with Gasteiger partial charge in [-0.05, 0) is 30.0 Å². The van der Waals surface area contributed by atoms with E-state index in [1.807, 2.05) is 11.4 Å². The molecule has 0 bridgehead atoms. The summed E-state index contributed by atoms with van der Waals surface area (Å²) in [6.45, 7) is 2.14. The lowest BCUT2D eigenvalue weighted by molar-refractivity contribution is 0.183. The average molecular weight is 273 g/mol. The maximum Gasteiger partial charge on any atom is 0.0945 e. The predicted octanol–water partition coefficient (Wildman–Crippen LogP) is 4.30. The van der Waals surface area contributed by atoms with E-state index in [9.17, 15) is 5.11 Å². The Morgan fingerprint density at radius 3 is 2.62 bits per heavy atom. The molecule has 0 aliphatic rings. The molecular formula is C12H13ClOS2. The third-order valence-corrected chi connectivity index (χ3v) is 5.12. The molecule has 1 unspecified atom stereocenters. The van der Waals surface area contributed by atoms with Gasteiger partial charge in [-0.15, -0.1) is 22.7 Å². The third-order valence-electron chi connectivity index (χ3n) is 2.41. The quantitative estimate of drug-likeness (QED) is 0.880. The summed E-state index contributed by atoms with van der Waals surface area (Å²) < 4.78 is 0. The Hall–Kier alpha value is -0.350. The highest BCUT2D eigenvalue weighted by Gasteiger charge is 2.14. The first-order valence-corrected chi connectivity index (χ1v) is 7.26. The zero-order valence-electron chi connectivity index (χ0n) is 8.94. The van der Waals surface area contributed by atoms with Gasteiger partial charge in [-0.1, -0.05) is 18.5 Å². The van der Waals surface area contributed by atoms with Gasteiger partial charge in [-0.2, -0.15) is 0 Å². The van der Waals surface area contributed by atoms with E-state index in [1.54, 1.807) is 11.3 Å². The summed E-state index contributed by atoms with van der Waals surface area (Å²) >= 11 is 9.27. The Morgan fingerprint density at radius 1 is 1.31 bits per heavy atom. The van der Waals surface area contributed by atoms with Crippen molar-refractivity contribution in [1.82, 2.24) is 0 Å². The van der Waals surface area contributed by atoms with Crippen LogP contribution in [0.1, 0.15) is 27.7 Å². The molecule has 0 saturated heterocycles. The van der Waals surface area contributed by atoms with Crippen LogP contribution in [0.25, 0.3) is 0 Å². The van der Waals surface area contributed by atoms with Crippen molar-refractivity contribution < 1.29 is 5.11 Å². The summed E-state index contributed by atoms with van der Waals surface area (Å²) in [6.07, 6.45) is 1.24. The molecule has 0 aliphatic carbocycles. The van der Waals surface area contributed by atoms with Gasteiger partial charge in [0.05, 0.1) is 16.0 Å². The first-order chi connectivity index (χ1) is 7.70. The number of hydrogen-bond donors (Lipinski definition) is 1. The Balaban J connectivity index is 2.07. The summed E-state index contributed by atoms with van der Waals surface area (Å²) in [6, 6.07) is 6.05. The van der Waals surface area contributed by atoms with Gasteiger partial charge >= 0.3 is 0 Å². The van der Waals surface area contributed by atoms with Crippen LogP contribution in [0.2, 0.25) is 5.02 Å². The number of aryl methyl sites for hydroxylation is 1. The molecule has 2 heterocycles. The summed E-state index contributed by atoms with van der Waals surface area (Å²) in [5.74, 6) is 0. The summed E-state index contributed by atoms with van der Waals surface area (Å²) in [7, 11) is 0. The van der Waals surface area contributed by atoms with E-state index in [4.69, 9.17) is 11.6 Å². The number of rotatable bonds is 4.